The van der Waals surface area contributed by atoms with E-state index >= 15 is 0 Å². The largest absolute Gasteiger partial charge is 0.392 e. The van der Waals surface area contributed by atoms with E-state index in [4.69, 9.17) is 0 Å². The predicted octanol–water partition coefficient (Wildman–Crippen LogP) is 1.10. The number of aliphatic hydroxyl groups excluding tert-OH is 1. The van der Waals surface area contributed by atoms with Gasteiger partial charge in [0.2, 0.25) is 5.91 Å². The summed E-state index contributed by atoms with van der Waals surface area (Å²) in [6.45, 7) is 3.68. The van der Waals surface area contributed by atoms with Gasteiger partial charge in [-0.15, -0.1) is 0 Å². The van der Waals surface area contributed by atoms with Gasteiger partial charge in [-0.1, -0.05) is 6.07 Å². The third kappa shape index (κ3) is 2.30. The number of anilines is 1. The number of benzene rings is 1. The Hall–Kier alpha value is -1.46. The van der Waals surface area contributed by atoms with Crippen LogP contribution >= 0.6 is 0 Å². The van der Waals surface area contributed by atoms with Gasteiger partial charge in [0, 0.05) is 12.1 Å². The number of fused-ring (bicyclic) bond motifs is 1. The number of aliphatic hydroxyl groups is 1. The van der Waals surface area contributed by atoms with Crippen molar-refractivity contribution in [1.82, 2.24) is 5.32 Å². The van der Waals surface area contributed by atoms with E-state index < -0.39 is 18.0 Å². The molecule has 0 spiro atoms. The molecule has 5 heteroatoms. The van der Waals surface area contributed by atoms with Crippen molar-refractivity contribution >= 4 is 11.6 Å². The average molecular weight is 238 g/mol. The van der Waals surface area contributed by atoms with Gasteiger partial charge < -0.3 is 10.4 Å². The lowest BCUT2D eigenvalue weighted by molar-refractivity contribution is -0.117. The molecule has 3 N–H and O–H groups in total. The molecule has 17 heavy (non-hydrogen) atoms. The minimum absolute atomic E-state index is 0.240. The van der Waals surface area contributed by atoms with Crippen molar-refractivity contribution in [2.45, 2.75) is 26.0 Å². The van der Waals surface area contributed by atoms with E-state index in [1.807, 2.05) is 0 Å². The lowest BCUT2D eigenvalue weighted by Crippen LogP contribution is -2.32. The summed E-state index contributed by atoms with van der Waals surface area (Å²) < 4.78 is 13.6. The molecule has 0 saturated heterocycles. The zero-order valence-electron chi connectivity index (χ0n) is 9.75. The third-order valence-electron chi connectivity index (χ3n) is 2.70. The van der Waals surface area contributed by atoms with Crippen molar-refractivity contribution < 1.29 is 14.3 Å². The Morgan fingerprint density at radius 2 is 2.29 bits per heavy atom. The van der Waals surface area contributed by atoms with Crippen LogP contribution in [-0.4, -0.2) is 23.7 Å². The van der Waals surface area contributed by atoms with Crippen LogP contribution in [0.15, 0.2) is 12.1 Å². The Balaban J connectivity index is 2.30. The molecule has 2 unspecified atom stereocenters. The second kappa shape index (κ2) is 4.43. The van der Waals surface area contributed by atoms with Gasteiger partial charge in [-0.25, -0.2) is 4.39 Å². The predicted molar refractivity (Wildman–Crippen MR) is 62.2 cm³/mol. The van der Waals surface area contributed by atoms with Gasteiger partial charge in [-0.2, -0.15) is 0 Å². The number of hydrogen-bond donors (Lipinski definition) is 3. The number of carbonyl (C=O) groups is 1. The first kappa shape index (κ1) is 12.0. The van der Waals surface area contributed by atoms with Crippen LogP contribution in [0.2, 0.25) is 0 Å². The van der Waals surface area contributed by atoms with Crippen LogP contribution in [0.5, 0.6) is 0 Å². The fraction of sp³-hybridized carbons (Fsp3) is 0.417. The van der Waals surface area contributed by atoms with Gasteiger partial charge in [0.05, 0.1) is 11.8 Å². The first-order valence-electron chi connectivity index (χ1n) is 5.51. The highest BCUT2D eigenvalue weighted by Gasteiger charge is 2.32. The van der Waals surface area contributed by atoms with Crippen molar-refractivity contribution in [3.63, 3.8) is 0 Å². The Morgan fingerprint density at radius 1 is 1.59 bits per heavy atom. The maximum absolute atomic E-state index is 13.6. The topological polar surface area (TPSA) is 61.4 Å². The van der Waals surface area contributed by atoms with Gasteiger partial charge in [0.15, 0.2) is 0 Å². The van der Waals surface area contributed by atoms with E-state index in [9.17, 15) is 14.3 Å². The molecule has 0 radical (unpaired) electrons. The molecule has 0 aliphatic carbocycles. The molecule has 2 rings (SSSR count). The Kier molecular flexibility index (Phi) is 3.13. The highest BCUT2D eigenvalue weighted by atomic mass is 19.1. The summed E-state index contributed by atoms with van der Waals surface area (Å²) in [7, 11) is 0. The summed E-state index contributed by atoms with van der Waals surface area (Å²) in [5.41, 5.74) is 1.61. The van der Waals surface area contributed by atoms with Crippen LogP contribution in [-0.2, 0) is 4.79 Å². The number of rotatable bonds is 3. The molecule has 1 aliphatic heterocycles. The van der Waals surface area contributed by atoms with Gasteiger partial charge in [0.1, 0.15) is 11.9 Å². The molecule has 1 aromatic carbocycles. The van der Waals surface area contributed by atoms with Crippen molar-refractivity contribution in [1.29, 1.82) is 0 Å². The average Bonchev–Trinajstić information content (AvgIpc) is 2.52. The highest BCUT2D eigenvalue weighted by Crippen LogP contribution is 2.33. The van der Waals surface area contributed by atoms with Crippen molar-refractivity contribution in [2.24, 2.45) is 0 Å². The number of carbonyl (C=O) groups excluding carboxylic acids is 1. The lowest BCUT2D eigenvalue weighted by atomic mass is 10.0. The number of aryl methyl sites for hydroxylation is 1. The van der Waals surface area contributed by atoms with Crippen LogP contribution in [0.4, 0.5) is 10.1 Å². The number of hydrogen-bond acceptors (Lipinski definition) is 3. The van der Waals surface area contributed by atoms with Crippen LogP contribution in [0, 0.1) is 12.7 Å². The zero-order valence-corrected chi connectivity index (χ0v) is 9.75. The first-order chi connectivity index (χ1) is 7.99. The molecular formula is C12H15FN2O2. The quantitative estimate of drug-likeness (QED) is 0.739. The van der Waals surface area contributed by atoms with E-state index in [1.54, 1.807) is 19.9 Å². The standard InChI is InChI=1S/C12H15FN2O2/c1-6-3-8-10(9(13)4-6)15-12(17)11(8)14-5-7(2)16/h3-4,7,11,14,16H,5H2,1-2H3,(H,15,17). The van der Waals surface area contributed by atoms with E-state index in [1.165, 1.54) is 6.07 Å². The highest BCUT2D eigenvalue weighted by molar-refractivity contribution is 6.02. The summed E-state index contributed by atoms with van der Waals surface area (Å²) >= 11 is 0. The van der Waals surface area contributed by atoms with Gasteiger partial charge >= 0.3 is 0 Å². The van der Waals surface area contributed by atoms with Crippen molar-refractivity contribution in [3.05, 3.63) is 29.1 Å². The van der Waals surface area contributed by atoms with Gasteiger partial charge in [0.25, 0.3) is 0 Å². The van der Waals surface area contributed by atoms with Crippen LogP contribution in [0.25, 0.3) is 0 Å². The van der Waals surface area contributed by atoms with Gasteiger partial charge in [-0.05, 0) is 25.5 Å². The minimum atomic E-state index is -0.589. The van der Waals surface area contributed by atoms with E-state index in [0.717, 1.165) is 5.56 Å². The summed E-state index contributed by atoms with van der Waals surface area (Å²) in [4.78, 5) is 11.7. The van der Waals surface area contributed by atoms with E-state index in [2.05, 4.69) is 10.6 Å². The Morgan fingerprint density at radius 3 is 2.94 bits per heavy atom. The van der Waals surface area contributed by atoms with Crippen molar-refractivity contribution in [3.8, 4) is 0 Å². The number of nitrogens with one attached hydrogen (secondary N) is 2. The molecule has 0 fully saturated rings. The summed E-state index contributed by atoms with van der Waals surface area (Å²) in [6.07, 6.45) is -0.554. The normalized spacial score (nSPS) is 20.0. The van der Waals surface area contributed by atoms with Crippen LogP contribution in [0.3, 0.4) is 0 Å². The molecule has 0 bridgehead atoms. The molecule has 1 aliphatic rings. The molecule has 0 saturated carbocycles. The summed E-state index contributed by atoms with van der Waals surface area (Å²) in [5.74, 6) is -0.708. The summed E-state index contributed by atoms with van der Waals surface area (Å²) in [5, 5.41) is 14.6. The van der Waals surface area contributed by atoms with Crippen LogP contribution < -0.4 is 10.6 Å². The maximum atomic E-state index is 13.6. The minimum Gasteiger partial charge on any atom is -0.392 e. The molecule has 0 aromatic heterocycles. The molecule has 1 aromatic rings. The van der Waals surface area contributed by atoms with E-state index in [0.29, 0.717) is 5.56 Å². The van der Waals surface area contributed by atoms with Gasteiger partial charge in [-0.3, -0.25) is 10.1 Å². The molecule has 4 nitrogen and oxygen atoms in total. The Bertz CT molecular complexity index is 460. The second-order valence-electron chi connectivity index (χ2n) is 4.39. The fourth-order valence-electron chi connectivity index (χ4n) is 1.96. The smallest absolute Gasteiger partial charge is 0.246 e. The Labute approximate surface area is 98.8 Å². The fourth-order valence-corrected chi connectivity index (χ4v) is 1.96. The maximum Gasteiger partial charge on any atom is 0.246 e. The molecular weight excluding hydrogens is 223 g/mol. The van der Waals surface area contributed by atoms with Crippen LogP contribution in [0.1, 0.15) is 24.1 Å². The number of amides is 1. The molecule has 1 heterocycles. The molecule has 1 amide bonds. The molecule has 2 atom stereocenters. The second-order valence-corrected chi connectivity index (χ2v) is 4.39. The zero-order chi connectivity index (χ0) is 12.6. The molecule has 92 valence electrons. The third-order valence-corrected chi connectivity index (χ3v) is 2.70. The lowest BCUT2D eigenvalue weighted by Gasteiger charge is -2.13. The number of halogens is 1. The first-order valence-corrected chi connectivity index (χ1v) is 5.51. The summed E-state index contributed by atoms with van der Waals surface area (Å²) in [6, 6.07) is 2.57. The monoisotopic (exact) mass is 238 g/mol. The SMILES string of the molecule is Cc1cc(F)c2c(c1)C(NCC(C)O)C(=O)N2. The van der Waals surface area contributed by atoms with Crippen molar-refractivity contribution in [2.75, 3.05) is 11.9 Å². The van der Waals surface area contributed by atoms with E-state index in [-0.39, 0.29) is 18.1 Å².